The number of carbonyl (C=O) groups is 1. The number of carboxylic acid groups (broad SMARTS) is 1. The van der Waals surface area contributed by atoms with Gasteiger partial charge in [-0.25, -0.2) is 0 Å². The molecule has 1 unspecified atom stereocenters. The smallest absolute Gasteiger partial charge is 0.324 e. The van der Waals surface area contributed by atoms with Gasteiger partial charge in [0.25, 0.3) is 0 Å². The van der Waals surface area contributed by atoms with Crippen molar-refractivity contribution in [2.45, 2.75) is 24.8 Å². The maximum absolute atomic E-state index is 11.6. The molecule has 0 saturated carbocycles. The Bertz CT molecular complexity index is 246. The first kappa shape index (κ1) is 12.2. The third-order valence-electron chi connectivity index (χ3n) is 3.45. The Hall–Kier alpha value is -0.260. The Morgan fingerprint density at radius 2 is 2.19 bits per heavy atom. The molecule has 2 heterocycles. The summed E-state index contributed by atoms with van der Waals surface area (Å²) in [5.74, 6) is 1.17. The van der Waals surface area contributed by atoms with Crippen molar-refractivity contribution in [3.05, 3.63) is 0 Å². The highest BCUT2D eigenvalue weighted by atomic mass is 32.2. The molecule has 16 heavy (non-hydrogen) atoms. The maximum Gasteiger partial charge on any atom is 0.324 e. The summed E-state index contributed by atoms with van der Waals surface area (Å²) in [7, 11) is 0. The SMILES string of the molecule is O=C(O)C1(N2CCCOCC2)CCCSC1. The fourth-order valence-electron chi connectivity index (χ4n) is 2.51. The fourth-order valence-corrected chi connectivity index (χ4v) is 3.79. The monoisotopic (exact) mass is 245 g/mol. The summed E-state index contributed by atoms with van der Waals surface area (Å²) in [6.07, 6.45) is 2.74. The molecule has 0 aromatic carbocycles. The summed E-state index contributed by atoms with van der Waals surface area (Å²) in [6.45, 7) is 3.04. The molecule has 0 aromatic heterocycles. The van der Waals surface area contributed by atoms with Gasteiger partial charge in [-0.05, 0) is 25.0 Å². The summed E-state index contributed by atoms with van der Waals surface area (Å²) in [6, 6.07) is 0. The number of ether oxygens (including phenoxy) is 1. The minimum Gasteiger partial charge on any atom is -0.480 e. The maximum atomic E-state index is 11.6. The topological polar surface area (TPSA) is 49.8 Å². The van der Waals surface area contributed by atoms with E-state index in [4.69, 9.17) is 4.74 Å². The number of thioether (sulfide) groups is 1. The van der Waals surface area contributed by atoms with Crippen LogP contribution in [0.2, 0.25) is 0 Å². The molecule has 1 atom stereocenters. The zero-order chi connectivity index (χ0) is 11.4. The zero-order valence-electron chi connectivity index (χ0n) is 9.48. The highest BCUT2D eigenvalue weighted by molar-refractivity contribution is 7.99. The Morgan fingerprint density at radius 3 is 2.88 bits per heavy atom. The van der Waals surface area contributed by atoms with Crippen LogP contribution in [0.4, 0.5) is 0 Å². The van der Waals surface area contributed by atoms with Crippen LogP contribution in [-0.2, 0) is 9.53 Å². The minimum atomic E-state index is -0.651. The van der Waals surface area contributed by atoms with E-state index >= 15 is 0 Å². The second-order valence-corrected chi connectivity index (χ2v) is 5.55. The van der Waals surface area contributed by atoms with E-state index in [-0.39, 0.29) is 0 Å². The summed E-state index contributed by atoms with van der Waals surface area (Å²) in [5, 5.41) is 9.54. The highest BCUT2D eigenvalue weighted by Crippen LogP contribution is 2.33. The Morgan fingerprint density at radius 1 is 1.31 bits per heavy atom. The molecule has 2 saturated heterocycles. The van der Waals surface area contributed by atoms with E-state index in [1.54, 1.807) is 11.8 Å². The van der Waals surface area contributed by atoms with E-state index < -0.39 is 11.5 Å². The van der Waals surface area contributed by atoms with E-state index in [0.29, 0.717) is 6.61 Å². The van der Waals surface area contributed by atoms with Crippen LogP contribution >= 0.6 is 11.8 Å². The first-order chi connectivity index (χ1) is 7.76. The average Bonchev–Trinajstić information content (AvgIpc) is 2.58. The van der Waals surface area contributed by atoms with Crippen LogP contribution in [0, 0.1) is 0 Å². The molecule has 0 aliphatic carbocycles. The molecular formula is C11H19NO3S. The van der Waals surface area contributed by atoms with E-state index in [0.717, 1.165) is 50.5 Å². The summed E-state index contributed by atoms with van der Waals surface area (Å²) in [5.41, 5.74) is -0.628. The van der Waals surface area contributed by atoms with Gasteiger partial charge in [-0.3, -0.25) is 9.69 Å². The van der Waals surface area contributed by atoms with Gasteiger partial charge in [0.1, 0.15) is 5.54 Å². The van der Waals surface area contributed by atoms with Crippen LogP contribution in [0.3, 0.4) is 0 Å². The second-order valence-electron chi connectivity index (χ2n) is 4.45. The number of aliphatic carboxylic acids is 1. The normalized spacial score (nSPS) is 33.2. The van der Waals surface area contributed by atoms with Gasteiger partial charge in [0.05, 0.1) is 6.61 Å². The lowest BCUT2D eigenvalue weighted by Gasteiger charge is -2.42. The van der Waals surface area contributed by atoms with E-state index in [2.05, 4.69) is 4.90 Å². The van der Waals surface area contributed by atoms with Gasteiger partial charge < -0.3 is 9.84 Å². The first-order valence-corrected chi connectivity index (χ1v) is 7.05. The van der Waals surface area contributed by atoms with Gasteiger partial charge in [0.2, 0.25) is 0 Å². The largest absolute Gasteiger partial charge is 0.480 e. The minimum absolute atomic E-state index is 0.628. The van der Waals surface area contributed by atoms with Gasteiger partial charge in [0, 0.05) is 25.4 Å². The van der Waals surface area contributed by atoms with E-state index in [9.17, 15) is 9.90 Å². The predicted molar refractivity (Wildman–Crippen MR) is 63.9 cm³/mol. The predicted octanol–water partition coefficient (Wildman–Crippen LogP) is 1.06. The van der Waals surface area contributed by atoms with Crippen molar-refractivity contribution in [1.29, 1.82) is 0 Å². The standard InChI is InChI=1S/C11H19NO3S/c13-10(14)11(3-1-8-16-9-11)12-4-2-6-15-7-5-12/h1-9H2,(H,13,14). The van der Waals surface area contributed by atoms with Crippen LogP contribution in [-0.4, -0.2) is 59.3 Å². The first-order valence-electron chi connectivity index (χ1n) is 5.90. The number of hydrogen-bond donors (Lipinski definition) is 1. The van der Waals surface area contributed by atoms with Crippen molar-refractivity contribution in [2.24, 2.45) is 0 Å². The highest BCUT2D eigenvalue weighted by Gasteiger charge is 2.45. The molecule has 2 rings (SSSR count). The van der Waals surface area contributed by atoms with Gasteiger partial charge in [-0.15, -0.1) is 0 Å². The van der Waals surface area contributed by atoms with E-state index in [1.807, 2.05) is 0 Å². The molecular weight excluding hydrogens is 226 g/mol. The van der Waals surface area contributed by atoms with Crippen LogP contribution in [0.1, 0.15) is 19.3 Å². The summed E-state index contributed by atoms with van der Waals surface area (Å²) >= 11 is 1.77. The molecule has 4 nitrogen and oxygen atoms in total. The lowest BCUT2D eigenvalue weighted by Crippen LogP contribution is -2.58. The van der Waals surface area contributed by atoms with Gasteiger partial charge in [-0.2, -0.15) is 11.8 Å². The van der Waals surface area contributed by atoms with Crippen LogP contribution in [0.15, 0.2) is 0 Å². The summed E-state index contributed by atoms with van der Waals surface area (Å²) in [4.78, 5) is 13.7. The van der Waals surface area contributed by atoms with Crippen LogP contribution in [0.5, 0.6) is 0 Å². The molecule has 0 aromatic rings. The molecule has 0 bridgehead atoms. The lowest BCUT2D eigenvalue weighted by molar-refractivity contribution is -0.151. The van der Waals surface area contributed by atoms with Crippen molar-refractivity contribution >= 4 is 17.7 Å². The van der Waals surface area contributed by atoms with Gasteiger partial charge in [0.15, 0.2) is 0 Å². The molecule has 0 amide bonds. The van der Waals surface area contributed by atoms with Crippen molar-refractivity contribution in [3.8, 4) is 0 Å². The van der Waals surface area contributed by atoms with Gasteiger partial charge >= 0.3 is 5.97 Å². The van der Waals surface area contributed by atoms with Crippen molar-refractivity contribution < 1.29 is 14.6 Å². The second kappa shape index (κ2) is 5.38. The van der Waals surface area contributed by atoms with Crippen molar-refractivity contribution in [2.75, 3.05) is 37.8 Å². The molecule has 2 aliphatic rings. The number of carboxylic acids is 1. The van der Waals surface area contributed by atoms with Crippen LogP contribution < -0.4 is 0 Å². The van der Waals surface area contributed by atoms with Crippen molar-refractivity contribution in [3.63, 3.8) is 0 Å². The molecule has 2 fully saturated rings. The molecule has 0 spiro atoms. The number of hydrogen-bond acceptors (Lipinski definition) is 4. The Kier molecular flexibility index (Phi) is 4.10. The number of rotatable bonds is 2. The van der Waals surface area contributed by atoms with Crippen molar-refractivity contribution in [1.82, 2.24) is 4.90 Å². The van der Waals surface area contributed by atoms with Gasteiger partial charge in [-0.1, -0.05) is 0 Å². The van der Waals surface area contributed by atoms with Crippen LogP contribution in [0.25, 0.3) is 0 Å². The quantitative estimate of drug-likeness (QED) is 0.788. The Labute approximate surface area is 100 Å². The Balaban J connectivity index is 2.12. The average molecular weight is 245 g/mol. The molecule has 2 aliphatic heterocycles. The molecule has 92 valence electrons. The molecule has 0 radical (unpaired) electrons. The molecule has 5 heteroatoms. The molecule has 1 N–H and O–H groups in total. The number of nitrogens with zero attached hydrogens (tertiary/aromatic N) is 1. The lowest BCUT2D eigenvalue weighted by atomic mass is 9.93. The zero-order valence-corrected chi connectivity index (χ0v) is 10.3. The van der Waals surface area contributed by atoms with E-state index in [1.165, 1.54) is 0 Å². The third kappa shape index (κ3) is 2.36. The third-order valence-corrected chi connectivity index (χ3v) is 4.70. The summed E-state index contributed by atoms with van der Waals surface area (Å²) < 4.78 is 5.40. The fraction of sp³-hybridized carbons (Fsp3) is 0.909.